The molecular weight excluding hydrogens is 616 g/mol. The van der Waals surface area contributed by atoms with Crippen LogP contribution in [0.1, 0.15) is 56.5 Å². The molecule has 0 saturated carbocycles. The summed E-state index contributed by atoms with van der Waals surface area (Å²) in [5, 5.41) is 0.539. The Balaban J connectivity index is 1.67. The van der Waals surface area contributed by atoms with Gasteiger partial charge >= 0.3 is 5.97 Å². The fourth-order valence-electron chi connectivity index (χ4n) is 4.38. The summed E-state index contributed by atoms with van der Waals surface area (Å²) in [7, 11) is -4.54. The molecular formula is C33H41FN2O7SSi. The first-order chi connectivity index (χ1) is 21.1. The number of rotatable bonds is 13. The number of aromatic nitrogens is 2. The predicted molar refractivity (Wildman–Crippen MR) is 174 cm³/mol. The van der Waals surface area contributed by atoms with Crippen LogP contribution in [0.4, 0.5) is 4.39 Å². The Morgan fingerprint density at radius 2 is 1.76 bits per heavy atom. The highest BCUT2D eigenvalue weighted by Gasteiger charge is 2.36. The molecule has 0 N–H and O–H groups in total. The van der Waals surface area contributed by atoms with Crippen LogP contribution in [0.5, 0.6) is 17.4 Å². The lowest BCUT2D eigenvalue weighted by molar-refractivity contribution is 0.0597. The lowest BCUT2D eigenvalue weighted by Gasteiger charge is -2.36. The molecule has 1 atom stereocenters. The van der Waals surface area contributed by atoms with E-state index in [9.17, 15) is 17.6 Å². The van der Waals surface area contributed by atoms with E-state index in [1.54, 1.807) is 36.4 Å². The van der Waals surface area contributed by atoms with Crippen LogP contribution in [0.3, 0.4) is 0 Å². The lowest BCUT2D eigenvalue weighted by Crippen LogP contribution is -2.41. The van der Waals surface area contributed by atoms with Crippen molar-refractivity contribution in [2.45, 2.75) is 70.5 Å². The predicted octanol–water partition coefficient (Wildman–Crippen LogP) is 7.70. The SMILES string of the molecule is COC(=O)c1ccc(F)cc1Oc1cc2ccn(S(=O)(=O)Cc3ccccc3)c2nc1OC(C)CCCO[Si](C)(C)C(C)(C)C. The van der Waals surface area contributed by atoms with E-state index in [-0.39, 0.29) is 45.5 Å². The largest absolute Gasteiger partial charge is 0.472 e. The minimum absolute atomic E-state index is 0.00350. The zero-order valence-electron chi connectivity index (χ0n) is 26.8. The fourth-order valence-corrected chi connectivity index (χ4v) is 6.88. The highest BCUT2D eigenvalue weighted by Crippen LogP contribution is 2.38. The Labute approximate surface area is 265 Å². The van der Waals surface area contributed by atoms with Crippen LogP contribution in [-0.2, 0) is 24.9 Å². The zero-order chi connectivity index (χ0) is 33.0. The quantitative estimate of drug-likeness (QED) is 0.0819. The molecule has 0 aliphatic rings. The third-order valence-corrected chi connectivity index (χ3v) is 14.1. The highest BCUT2D eigenvalue weighted by atomic mass is 32.2. The average Bonchev–Trinajstić information content (AvgIpc) is 3.38. The number of esters is 1. The van der Waals surface area contributed by atoms with Crippen molar-refractivity contribution in [3.63, 3.8) is 0 Å². The number of hydrogen-bond donors (Lipinski definition) is 0. The van der Waals surface area contributed by atoms with Crippen LogP contribution >= 0.6 is 0 Å². The average molecular weight is 657 g/mol. The number of ether oxygens (including phenoxy) is 3. The van der Waals surface area contributed by atoms with Crippen LogP contribution in [0.15, 0.2) is 66.9 Å². The number of nitrogens with zero attached hydrogens (tertiary/aromatic N) is 2. The molecule has 0 bridgehead atoms. The smallest absolute Gasteiger partial charge is 0.341 e. The van der Waals surface area contributed by atoms with Gasteiger partial charge in [-0.3, -0.25) is 0 Å². The lowest BCUT2D eigenvalue weighted by atomic mass is 10.2. The van der Waals surface area contributed by atoms with Gasteiger partial charge < -0.3 is 18.6 Å². The maximum Gasteiger partial charge on any atom is 0.341 e. The van der Waals surface area contributed by atoms with Gasteiger partial charge in [0.1, 0.15) is 17.1 Å². The molecule has 2 heterocycles. The first-order valence-corrected chi connectivity index (χ1v) is 19.3. The number of hydrogen-bond acceptors (Lipinski definition) is 8. The van der Waals surface area contributed by atoms with Crippen molar-refractivity contribution >= 4 is 35.3 Å². The monoisotopic (exact) mass is 656 g/mol. The molecule has 0 radical (unpaired) electrons. The van der Waals surface area contributed by atoms with Gasteiger partial charge in [-0.15, -0.1) is 0 Å². The summed E-state index contributed by atoms with van der Waals surface area (Å²) < 4.78 is 65.7. The minimum atomic E-state index is -3.85. The summed E-state index contributed by atoms with van der Waals surface area (Å²) in [6.45, 7) is 13.4. The first kappa shape index (κ1) is 34.1. The van der Waals surface area contributed by atoms with Crippen molar-refractivity contribution < 1.29 is 36.2 Å². The molecule has 0 spiro atoms. The second-order valence-corrected chi connectivity index (χ2v) is 19.1. The molecule has 2 aromatic carbocycles. The van der Waals surface area contributed by atoms with E-state index in [2.05, 4.69) is 38.8 Å². The Morgan fingerprint density at radius 3 is 2.42 bits per heavy atom. The molecule has 12 heteroatoms. The van der Waals surface area contributed by atoms with Gasteiger partial charge in [-0.05, 0) is 67.7 Å². The van der Waals surface area contributed by atoms with Gasteiger partial charge in [0, 0.05) is 24.3 Å². The summed E-state index contributed by atoms with van der Waals surface area (Å²) >= 11 is 0. The molecule has 0 saturated heterocycles. The van der Waals surface area contributed by atoms with E-state index >= 15 is 0 Å². The van der Waals surface area contributed by atoms with E-state index in [4.69, 9.17) is 18.6 Å². The van der Waals surface area contributed by atoms with Crippen LogP contribution in [-0.4, -0.2) is 51.5 Å². The molecule has 0 amide bonds. The molecule has 9 nitrogen and oxygen atoms in total. The summed E-state index contributed by atoms with van der Waals surface area (Å²) in [5.41, 5.74) is 0.781. The van der Waals surface area contributed by atoms with E-state index in [1.165, 1.54) is 19.4 Å². The second kappa shape index (κ2) is 13.7. The van der Waals surface area contributed by atoms with Gasteiger partial charge in [0.05, 0.1) is 19.0 Å². The third kappa shape index (κ3) is 8.30. The van der Waals surface area contributed by atoms with E-state index in [0.717, 1.165) is 22.5 Å². The maximum absolute atomic E-state index is 14.3. The summed E-state index contributed by atoms with van der Waals surface area (Å²) in [6.07, 6.45) is 2.41. The zero-order valence-corrected chi connectivity index (χ0v) is 28.6. The third-order valence-electron chi connectivity index (χ3n) is 7.96. The van der Waals surface area contributed by atoms with Gasteiger partial charge in [0.25, 0.3) is 5.88 Å². The van der Waals surface area contributed by atoms with E-state index in [1.807, 2.05) is 13.0 Å². The normalized spacial score (nSPS) is 13.1. The first-order valence-electron chi connectivity index (χ1n) is 14.8. The van der Waals surface area contributed by atoms with E-state index < -0.39 is 30.1 Å². The number of halogens is 1. The standard InChI is InChI=1S/C33H41FN2O7SSi/c1-23(12-11-19-41-45(6,7)33(2,3)4)42-31-29(43-28-21-26(34)15-16-27(28)32(37)40-5)20-25-17-18-36(30(25)35-31)44(38,39)22-24-13-9-8-10-14-24/h8-10,13-18,20-21,23H,11-12,19,22H2,1-7H3. The minimum Gasteiger partial charge on any atom is -0.472 e. The molecule has 45 heavy (non-hydrogen) atoms. The van der Waals surface area contributed by atoms with Crippen molar-refractivity contribution in [3.05, 3.63) is 83.8 Å². The number of fused-ring (bicyclic) bond motifs is 1. The molecule has 4 rings (SSSR count). The van der Waals surface area contributed by atoms with Crippen molar-refractivity contribution in [2.24, 2.45) is 0 Å². The maximum atomic E-state index is 14.3. The molecule has 242 valence electrons. The van der Waals surface area contributed by atoms with E-state index in [0.29, 0.717) is 24.0 Å². The number of benzene rings is 2. The van der Waals surface area contributed by atoms with Crippen LogP contribution in [0.25, 0.3) is 11.0 Å². The van der Waals surface area contributed by atoms with Crippen molar-refractivity contribution in [3.8, 4) is 17.4 Å². The van der Waals surface area contributed by atoms with Gasteiger partial charge in [-0.1, -0.05) is 51.1 Å². The van der Waals surface area contributed by atoms with Gasteiger partial charge in [0.15, 0.2) is 19.7 Å². The summed E-state index contributed by atoms with van der Waals surface area (Å²) in [6, 6.07) is 15.5. The summed E-state index contributed by atoms with van der Waals surface area (Å²) in [5.74, 6) is -1.59. The van der Waals surface area contributed by atoms with Gasteiger partial charge in [-0.2, -0.15) is 4.98 Å². The van der Waals surface area contributed by atoms with Crippen LogP contribution in [0.2, 0.25) is 18.1 Å². The van der Waals surface area contributed by atoms with Crippen molar-refractivity contribution in [1.82, 2.24) is 8.96 Å². The summed E-state index contributed by atoms with van der Waals surface area (Å²) in [4.78, 5) is 17.0. The molecule has 2 aromatic heterocycles. The topological polar surface area (TPSA) is 106 Å². The number of carbonyl (C=O) groups excluding carboxylic acids is 1. The fraction of sp³-hybridized carbons (Fsp3) is 0.394. The van der Waals surface area contributed by atoms with Gasteiger partial charge in [0.2, 0.25) is 10.0 Å². The molecule has 4 aromatic rings. The molecule has 1 unspecified atom stereocenters. The molecule has 0 aliphatic heterocycles. The number of methoxy groups -OCH3 is 1. The highest BCUT2D eigenvalue weighted by molar-refractivity contribution is 7.89. The Morgan fingerprint density at radius 1 is 1.04 bits per heavy atom. The Bertz CT molecular complexity index is 1750. The van der Waals surface area contributed by atoms with Crippen molar-refractivity contribution in [2.75, 3.05) is 13.7 Å². The number of carbonyl (C=O) groups is 1. The molecule has 0 fully saturated rings. The van der Waals surface area contributed by atoms with Crippen LogP contribution in [0, 0.1) is 5.82 Å². The number of pyridine rings is 1. The van der Waals surface area contributed by atoms with Gasteiger partial charge in [-0.25, -0.2) is 21.6 Å². The Hall–Kier alpha value is -3.74. The molecule has 0 aliphatic carbocycles. The van der Waals surface area contributed by atoms with Crippen molar-refractivity contribution in [1.29, 1.82) is 0 Å². The van der Waals surface area contributed by atoms with Crippen LogP contribution < -0.4 is 9.47 Å². The Kier molecular flexibility index (Phi) is 10.4. The second-order valence-electron chi connectivity index (χ2n) is 12.5.